The second-order valence-corrected chi connectivity index (χ2v) is 3.14. The van der Waals surface area contributed by atoms with E-state index in [1.54, 1.807) is 4.90 Å². The van der Waals surface area contributed by atoms with Crippen LogP contribution in [-0.2, 0) is 9.53 Å². The van der Waals surface area contributed by atoms with Crippen LogP contribution in [0.5, 0.6) is 0 Å². The number of carbonyl (C=O) groups is 1. The van der Waals surface area contributed by atoms with Crippen LogP contribution in [0.25, 0.3) is 0 Å². The van der Waals surface area contributed by atoms with Gasteiger partial charge in [-0.05, 0) is 17.2 Å². The highest BCUT2D eigenvalue weighted by Gasteiger charge is 2.13. The molecule has 5 heteroatoms. The molecular weight excluding hydrogens is 188 g/mol. The fourth-order valence-electron chi connectivity index (χ4n) is 1.01. The number of rotatable bonds is 2. The van der Waals surface area contributed by atoms with E-state index < -0.39 is 0 Å². The first kappa shape index (κ1) is 10.1. The summed E-state index contributed by atoms with van der Waals surface area (Å²) in [4.78, 5) is 13.0. The molecule has 0 aliphatic carbocycles. The molecule has 0 saturated carbocycles. The molecule has 1 fully saturated rings. The van der Waals surface area contributed by atoms with Crippen molar-refractivity contribution in [2.24, 2.45) is 0 Å². The zero-order valence-corrected chi connectivity index (χ0v) is 7.92. The van der Waals surface area contributed by atoms with Gasteiger partial charge >= 0.3 is 0 Å². The van der Waals surface area contributed by atoms with Crippen molar-refractivity contribution in [3.05, 3.63) is 11.5 Å². The van der Waals surface area contributed by atoms with Crippen LogP contribution < -0.4 is 0 Å². The molecule has 70 valence electrons. The van der Waals surface area contributed by atoms with Gasteiger partial charge in [-0.3, -0.25) is 4.79 Å². The molecule has 0 unspecified atom stereocenters. The van der Waals surface area contributed by atoms with E-state index in [1.807, 2.05) is 5.40 Å². The second-order valence-electron chi connectivity index (χ2n) is 2.45. The van der Waals surface area contributed by atoms with Crippen molar-refractivity contribution >= 4 is 17.7 Å². The molecule has 4 nitrogen and oxygen atoms in total. The lowest BCUT2D eigenvalue weighted by atomic mass is 10.4. The fourth-order valence-corrected chi connectivity index (χ4v) is 1.26. The number of thiocyanates is 1. The van der Waals surface area contributed by atoms with Gasteiger partial charge in [-0.25, -0.2) is 0 Å². The van der Waals surface area contributed by atoms with Crippen molar-refractivity contribution in [3.8, 4) is 5.40 Å². The molecule has 0 bridgehead atoms. The minimum atomic E-state index is -0.0500. The molecule has 0 radical (unpaired) electrons. The monoisotopic (exact) mass is 198 g/mol. The lowest BCUT2D eigenvalue weighted by molar-refractivity contribution is -0.129. The number of hydrogen-bond acceptors (Lipinski definition) is 4. The number of ether oxygens (including phenoxy) is 1. The molecule has 0 aromatic carbocycles. The zero-order valence-electron chi connectivity index (χ0n) is 7.10. The molecule has 0 spiro atoms. The molecule has 1 aliphatic rings. The summed E-state index contributed by atoms with van der Waals surface area (Å²) >= 11 is 0.947. The number of thioether (sulfide) groups is 1. The Morgan fingerprint density at radius 3 is 2.85 bits per heavy atom. The van der Waals surface area contributed by atoms with Crippen molar-refractivity contribution < 1.29 is 9.53 Å². The molecule has 1 saturated heterocycles. The first-order chi connectivity index (χ1) is 6.34. The molecule has 13 heavy (non-hydrogen) atoms. The summed E-state index contributed by atoms with van der Waals surface area (Å²) in [5.41, 5.74) is 0. The predicted molar refractivity (Wildman–Crippen MR) is 49.7 cm³/mol. The fraction of sp³-hybridized carbons (Fsp3) is 0.500. The molecule has 0 aromatic heterocycles. The summed E-state index contributed by atoms with van der Waals surface area (Å²) in [6.07, 6.45) is 1.42. The van der Waals surface area contributed by atoms with Crippen LogP contribution in [0.4, 0.5) is 0 Å². The molecule has 0 atom stereocenters. The Balaban J connectivity index is 2.34. The summed E-state index contributed by atoms with van der Waals surface area (Å²) in [6, 6.07) is 0. The zero-order chi connectivity index (χ0) is 9.52. The van der Waals surface area contributed by atoms with E-state index in [4.69, 9.17) is 10.00 Å². The second kappa shape index (κ2) is 5.62. The quantitative estimate of drug-likeness (QED) is 0.481. The molecule has 1 amide bonds. The Bertz CT molecular complexity index is 241. The van der Waals surface area contributed by atoms with Gasteiger partial charge in [0.1, 0.15) is 5.40 Å². The highest BCUT2D eigenvalue weighted by molar-refractivity contribution is 8.06. The third-order valence-electron chi connectivity index (χ3n) is 1.65. The van der Waals surface area contributed by atoms with Crippen LogP contribution in [0.2, 0.25) is 0 Å². The maximum atomic E-state index is 11.3. The smallest absolute Gasteiger partial charge is 0.247 e. The number of nitriles is 1. The van der Waals surface area contributed by atoms with Gasteiger partial charge < -0.3 is 9.64 Å². The number of nitrogens with zero attached hydrogens (tertiary/aromatic N) is 2. The molecule has 0 N–H and O–H groups in total. The van der Waals surface area contributed by atoms with Gasteiger partial charge in [0.2, 0.25) is 5.91 Å². The van der Waals surface area contributed by atoms with Crippen molar-refractivity contribution in [2.45, 2.75) is 0 Å². The van der Waals surface area contributed by atoms with Gasteiger partial charge in [-0.2, -0.15) is 5.26 Å². The van der Waals surface area contributed by atoms with Crippen molar-refractivity contribution in [2.75, 3.05) is 26.3 Å². The normalized spacial score (nSPS) is 17.3. The van der Waals surface area contributed by atoms with Crippen LogP contribution in [0.3, 0.4) is 0 Å². The lowest BCUT2D eigenvalue weighted by Gasteiger charge is -2.25. The van der Waals surface area contributed by atoms with Gasteiger partial charge in [0.05, 0.1) is 13.2 Å². The Kier molecular flexibility index (Phi) is 4.36. The van der Waals surface area contributed by atoms with E-state index >= 15 is 0 Å². The maximum Gasteiger partial charge on any atom is 0.247 e. The highest BCUT2D eigenvalue weighted by Crippen LogP contribution is 2.02. The molecule has 0 aromatic rings. The third kappa shape index (κ3) is 3.49. The Labute approximate surface area is 81.1 Å². The van der Waals surface area contributed by atoms with E-state index in [0.717, 1.165) is 11.8 Å². The largest absolute Gasteiger partial charge is 0.378 e. The van der Waals surface area contributed by atoms with Gasteiger partial charge in [0.15, 0.2) is 0 Å². The standard InChI is InChI=1S/C8H10N2O2S/c9-7-13-6-1-8(11)10-2-4-12-5-3-10/h1,6H,2-5H2/b6-1-. The Hall–Kier alpha value is -0.990. The van der Waals surface area contributed by atoms with Gasteiger partial charge in [0.25, 0.3) is 0 Å². The van der Waals surface area contributed by atoms with Crippen molar-refractivity contribution in [1.29, 1.82) is 5.26 Å². The number of morpholine rings is 1. The minimum Gasteiger partial charge on any atom is -0.378 e. The van der Waals surface area contributed by atoms with Crippen LogP contribution in [0.1, 0.15) is 0 Å². The summed E-state index contributed by atoms with van der Waals surface area (Å²) in [5.74, 6) is -0.0500. The predicted octanol–water partition coefficient (Wildman–Crippen LogP) is 0.573. The van der Waals surface area contributed by atoms with Gasteiger partial charge in [0, 0.05) is 19.2 Å². The summed E-state index contributed by atoms with van der Waals surface area (Å²) < 4.78 is 5.10. The third-order valence-corrected chi connectivity index (χ3v) is 2.03. The van der Waals surface area contributed by atoms with Crippen LogP contribution in [0.15, 0.2) is 11.5 Å². The Morgan fingerprint density at radius 1 is 1.54 bits per heavy atom. The number of hydrogen-bond donors (Lipinski definition) is 0. The maximum absolute atomic E-state index is 11.3. The van der Waals surface area contributed by atoms with Crippen LogP contribution in [0, 0.1) is 10.7 Å². The Morgan fingerprint density at radius 2 is 2.23 bits per heavy atom. The first-order valence-corrected chi connectivity index (χ1v) is 4.80. The van der Waals surface area contributed by atoms with Crippen molar-refractivity contribution in [3.63, 3.8) is 0 Å². The summed E-state index contributed by atoms with van der Waals surface area (Å²) in [7, 11) is 0. The number of amides is 1. The summed E-state index contributed by atoms with van der Waals surface area (Å²) in [5, 5.41) is 11.6. The molecule has 1 aliphatic heterocycles. The van der Waals surface area contributed by atoms with Gasteiger partial charge in [-0.1, -0.05) is 0 Å². The average Bonchev–Trinajstić information content (AvgIpc) is 2.19. The van der Waals surface area contributed by atoms with E-state index in [2.05, 4.69) is 0 Å². The van der Waals surface area contributed by atoms with E-state index in [-0.39, 0.29) is 5.91 Å². The molecule has 1 heterocycles. The van der Waals surface area contributed by atoms with Gasteiger partial charge in [-0.15, -0.1) is 0 Å². The lowest BCUT2D eigenvalue weighted by Crippen LogP contribution is -2.39. The molecular formula is C8H10N2O2S. The van der Waals surface area contributed by atoms with Crippen LogP contribution in [-0.4, -0.2) is 37.1 Å². The highest BCUT2D eigenvalue weighted by atomic mass is 32.2. The van der Waals surface area contributed by atoms with Crippen molar-refractivity contribution in [1.82, 2.24) is 4.90 Å². The number of carbonyl (C=O) groups excluding carboxylic acids is 1. The van der Waals surface area contributed by atoms with E-state index in [1.165, 1.54) is 11.5 Å². The first-order valence-electron chi connectivity index (χ1n) is 3.92. The molecule has 1 rings (SSSR count). The topological polar surface area (TPSA) is 53.3 Å². The average molecular weight is 198 g/mol. The summed E-state index contributed by atoms with van der Waals surface area (Å²) in [6.45, 7) is 2.48. The van der Waals surface area contributed by atoms with Crippen LogP contribution >= 0.6 is 11.8 Å². The SMILES string of the molecule is N#CS/C=C\C(=O)N1CCOCC1. The van der Waals surface area contributed by atoms with E-state index in [0.29, 0.717) is 26.3 Å². The minimum absolute atomic E-state index is 0.0500. The van der Waals surface area contributed by atoms with E-state index in [9.17, 15) is 4.79 Å².